The summed E-state index contributed by atoms with van der Waals surface area (Å²) in [6.45, 7) is 2.75. The number of pyridine rings is 1. The number of benzene rings is 1. The molecule has 3 rings (SSSR count). The number of fused-ring (bicyclic) bond motifs is 1. The molecule has 4 nitrogen and oxygen atoms in total. The molecule has 120 valence electrons. The van der Waals surface area contributed by atoms with Gasteiger partial charge in [-0.1, -0.05) is 31.2 Å². The number of hydrogen-bond acceptors (Lipinski definition) is 3. The molecule has 0 radical (unpaired) electrons. The van der Waals surface area contributed by atoms with E-state index in [1.54, 1.807) is 13.3 Å². The van der Waals surface area contributed by atoms with Crippen LogP contribution in [0.3, 0.4) is 0 Å². The molecule has 1 aliphatic carbocycles. The standard InChI is InChI=1S/C19H21NO3/c1-3-11-23-17-10-6-8-14-18(17)20-12-15(19(14)21)13-7-4-5-9-16(13)22-2/h4-5,7-9,12,20H,3,6,10-11H2,1-2H3. The van der Waals surface area contributed by atoms with Crippen LogP contribution < -0.4 is 20.7 Å². The minimum absolute atomic E-state index is 0.0144. The van der Waals surface area contributed by atoms with Gasteiger partial charge in [-0.3, -0.25) is 4.79 Å². The second kappa shape index (κ2) is 6.73. The molecule has 0 aliphatic heterocycles. The lowest BCUT2D eigenvalue weighted by Crippen LogP contribution is -2.44. The third-order valence-electron chi connectivity index (χ3n) is 4.00. The smallest absolute Gasteiger partial charge is 0.197 e. The molecular formula is C19H21NO3. The Bertz CT molecular complexity index is 880. The summed E-state index contributed by atoms with van der Waals surface area (Å²) >= 11 is 0. The molecular weight excluding hydrogens is 290 g/mol. The topological polar surface area (TPSA) is 51.3 Å². The van der Waals surface area contributed by atoms with Gasteiger partial charge in [0.2, 0.25) is 0 Å². The monoisotopic (exact) mass is 311 g/mol. The van der Waals surface area contributed by atoms with Crippen LogP contribution in [-0.2, 0) is 4.74 Å². The molecule has 0 saturated heterocycles. The average molecular weight is 311 g/mol. The zero-order valence-corrected chi connectivity index (χ0v) is 13.5. The van der Waals surface area contributed by atoms with Crippen molar-refractivity contribution >= 4 is 11.8 Å². The molecule has 2 aromatic rings. The molecule has 4 heteroatoms. The van der Waals surface area contributed by atoms with Gasteiger partial charge in [-0.25, -0.2) is 0 Å². The molecule has 1 heterocycles. The van der Waals surface area contributed by atoms with E-state index in [2.05, 4.69) is 11.9 Å². The average Bonchev–Trinajstić information content (AvgIpc) is 2.60. The number of H-pyrrole nitrogens is 1. The first kappa shape index (κ1) is 15.4. The van der Waals surface area contributed by atoms with Crippen LogP contribution in [0, 0.1) is 0 Å². The summed E-state index contributed by atoms with van der Waals surface area (Å²) in [7, 11) is 1.61. The predicted octanol–water partition coefficient (Wildman–Crippen LogP) is 2.16. The summed E-state index contributed by atoms with van der Waals surface area (Å²) in [6.07, 6.45) is 6.35. The molecule has 0 amide bonds. The van der Waals surface area contributed by atoms with Gasteiger partial charge in [0.05, 0.1) is 19.1 Å². The van der Waals surface area contributed by atoms with Crippen LogP contribution in [0.2, 0.25) is 0 Å². The van der Waals surface area contributed by atoms with Crippen molar-refractivity contribution < 1.29 is 9.47 Å². The first-order valence-electron chi connectivity index (χ1n) is 7.97. The molecule has 1 aromatic carbocycles. The van der Waals surface area contributed by atoms with Crippen molar-refractivity contribution in [3.63, 3.8) is 0 Å². The van der Waals surface area contributed by atoms with E-state index in [0.717, 1.165) is 35.9 Å². The van der Waals surface area contributed by atoms with E-state index in [9.17, 15) is 4.79 Å². The molecule has 0 spiro atoms. The summed E-state index contributed by atoms with van der Waals surface area (Å²) in [4.78, 5) is 16.2. The first-order valence-corrected chi connectivity index (χ1v) is 7.97. The van der Waals surface area contributed by atoms with E-state index in [-0.39, 0.29) is 5.43 Å². The second-order valence-corrected chi connectivity index (χ2v) is 5.53. The van der Waals surface area contributed by atoms with Crippen molar-refractivity contribution in [2.24, 2.45) is 0 Å². The lowest BCUT2D eigenvalue weighted by Gasteiger charge is -2.13. The fourth-order valence-electron chi connectivity index (χ4n) is 2.88. The highest BCUT2D eigenvalue weighted by Crippen LogP contribution is 2.26. The third kappa shape index (κ3) is 2.89. The van der Waals surface area contributed by atoms with Crippen LogP contribution >= 0.6 is 0 Å². The van der Waals surface area contributed by atoms with Gasteiger partial charge < -0.3 is 14.5 Å². The molecule has 0 bridgehead atoms. The van der Waals surface area contributed by atoms with Gasteiger partial charge in [-0.05, 0) is 18.9 Å². The molecule has 0 atom stereocenters. The van der Waals surface area contributed by atoms with Crippen molar-refractivity contribution in [2.45, 2.75) is 26.2 Å². The van der Waals surface area contributed by atoms with E-state index < -0.39 is 0 Å². The molecule has 0 saturated carbocycles. The maximum Gasteiger partial charge on any atom is 0.197 e. The van der Waals surface area contributed by atoms with Crippen LogP contribution in [0.25, 0.3) is 23.0 Å². The number of rotatable bonds is 5. The Kier molecular flexibility index (Phi) is 4.51. The Labute approximate surface area is 135 Å². The SMILES string of the molecule is CCCOC1=c2[nH]cc(-c3ccccc3OC)c(=O)c2=CCC1. The number of aromatic amines is 1. The van der Waals surface area contributed by atoms with E-state index in [1.165, 1.54) is 0 Å². The highest BCUT2D eigenvalue weighted by molar-refractivity contribution is 5.70. The highest BCUT2D eigenvalue weighted by Gasteiger charge is 2.14. The number of ether oxygens (including phenoxy) is 2. The fourth-order valence-corrected chi connectivity index (χ4v) is 2.88. The quantitative estimate of drug-likeness (QED) is 0.920. The van der Waals surface area contributed by atoms with Gasteiger partial charge in [0, 0.05) is 29.0 Å². The van der Waals surface area contributed by atoms with Gasteiger partial charge in [-0.15, -0.1) is 0 Å². The lowest BCUT2D eigenvalue weighted by molar-refractivity contribution is 0.260. The maximum absolute atomic E-state index is 12.9. The number of hydrogen-bond donors (Lipinski definition) is 1. The summed E-state index contributed by atoms with van der Waals surface area (Å²) in [6, 6.07) is 7.56. The van der Waals surface area contributed by atoms with Crippen LogP contribution in [0.15, 0.2) is 35.3 Å². The zero-order chi connectivity index (χ0) is 16.2. The molecule has 1 aliphatic rings. The normalized spacial score (nSPS) is 13.2. The van der Waals surface area contributed by atoms with Crippen LogP contribution in [0.5, 0.6) is 5.75 Å². The maximum atomic E-state index is 12.9. The molecule has 23 heavy (non-hydrogen) atoms. The minimum Gasteiger partial charge on any atom is -0.496 e. The summed E-state index contributed by atoms with van der Waals surface area (Å²) < 4.78 is 11.2. The predicted molar refractivity (Wildman–Crippen MR) is 91.7 cm³/mol. The Balaban J connectivity index is 2.20. The number of methoxy groups -OCH3 is 1. The van der Waals surface area contributed by atoms with Crippen molar-refractivity contribution in [1.82, 2.24) is 4.98 Å². The van der Waals surface area contributed by atoms with Gasteiger partial charge in [-0.2, -0.15) is 0 Å². The van der Waals surface area contributed by atoms with Gasteiger partial charge >= 0.3 is 0 Å². The van der Waals surface area contributed by atoms with E-state index in [0.29, 0.717) is 23.1 Å². The summed E-state index contributed by atoms with van der Waals surface area (Å²) in [5.74, 6) is 1.58. The lowest BCUT2D eigenvalue weighted by atomic mass is 10.0. The Hall–Kier alpha value is -2.49. The minimum atomic E-state index is 0.0144. The third-order valence-corrected chi connectivity index (χ3v) is 4.00. The molecule has 0 unspecified atom stereocenters. The van der Waals surface area contributed by atoms with Crippen molar-refractivity contribution in [3.05, 3.63) is 51.3 Å². The fraction of sp³-hybridized carbons (Fsp3) is 0.316. The van der Waals surface area contributed by atoms with Crippen molar-refractivity contribution in [2.75, 3.05) is 13.7 Å². The van der Waals surface area contributed by atoms with Gasteiger partial charge in [0.25, 0.3) is 0 Å². The second-order valence-electron chi connectivity index (χ2n) is 5.53. The molecule has 1 N–H and O–H groups in total. The van der Waals surface area contributed by atoms with Gasteiger partial charge in [0.1, 0.15) is 11.5 Å². The van der Waals surface area contributed by atoms with E-state index >= 15 is 0 Å². The Morgan fingerprint density at radius 3 is 2.83 bits per heavy atom. The zero-order valence-electron chi connectivity index (χ0n) is 13.5. The van der Waals surface area contributed by atoms with Crippen LogP contribution in [-0.4, -0.2) is 18.7 Å². The summed E-state index contributed by atoms with van der Waals surface area (Å²) in [5, 5.41) is 1.51. The first-order chi connectivity index (χ1) is 11.3. The summed E-state index contributed by atoms with van der Waals surface area (Å²) in [5.41, 5.74) is 1.43. The number of para-hydroxylation sites is 1. The Morgan fingerprint density at radius 2 is 2.04 bits per heavy atom. The van der Waals surface area contributed by atoms with Gasteiger partial charge in [0.15, 0.2) is 5.43 Å². The molecule has 1 aromatic heterocycles. The van der Waals surface area contributed by atoms with Crippen LogP contribution in [0.4, 0.5) is 0 Å². The number of aromatic nitrogens is 1. The number of nitrogens with one attached hydrogen (secondary N) is 1. The highest BCUT2D eigenvalue weighted by atomic mass is 16.5. The Morgan fingerprint density at radius 1 is 1.22 bits per heavy atom. The van der Waals surface area contributed by atoms with E-state index in [4.69, 9.17) is 9.47 Å². The van der Waals surface area contributed by atoms with Crippen LogP contribution in [0.1, 0.15) is 26.2 Å². The van der Waals surface area contributed by atoms with E-state index in [1.807, 2.05) is 30.3 Å². The largest absolute Gasteiger partial charge is 0.496 e. The van der Waals surface area contributed by atoms with Crippen molar-refractivity contribution in [1.29, 1.82) is 0 Å². The van der Waals surface area contributed by atoms with Crippen molar-refractivity contribution in [3.8, 4) is 16.9 Å². The molecule has 0 fully saturated rings.